The molecule has 1 amide bonds. The number of carbonyl (C=O) groups is 2. The van der Waals surface area contributed by atoms with Crippen LogP contribution < -0.4 is 5.32 Å². The van der Waals surface area contributed by atoms with Gasteiger partial charge in [-0.15, -0.1) is 5.10 Å². The van der Waals surface area contributed by atoms with Gasteiger partial charge in [-0.3, -0.25) is 4.79 Å². The van der Waals surface area contributed by atoms with Gasteiger partial charge >= 0.3 is 12.1 Å². The Labute approximate surface area is 127 Å². The van der Waals surface area contributed by atoms with Crippen LogP contribution in [0.1, 0.15) is 22.0 Å². The van der Waals surface area contributed by atoms with Gasteiger partial charge in [-0.25, -0.2) is 14.3 Å². The predicted octanol–water partition coefficient (Wildman–Crippen LogP) is 0.576. The van der Waals surface area contributed by atoms with E-state index >= 15 is 0 Å². The zero-order chi connectivity index (χ0) is 17.2. The third-order valence-corrected chi connectivity index (χ3v) is 2.62. The molecule has 2 heterocycles. The van der Waals surface area contributed by atoms with E-state index < -0.39 is 31.2 Å². The van der Waals surface area contributed by atoms with Gasteiger partial charge in [0.25, 0.3) is 17.5 Å². The first-order chi connectivity index (χ1) is 10.7. The Morgan fingerprint density at radius 2 is 2.00 bits per heavy atom. The predicted molar refractivity (Wildman–Crippen MR) is 69.6 cm³/mol. The lowest BCUT2D eigenvalue weighted by atomic mass is 10.4. The van der Waals surface area contributed by atoms with Gasteiger partial charge in [0, 0.05) is 11.4 Å². The van der Waals surface area contributed by atoms with Crippen molar-refractivity contribution in [2.75, 3.05) is 13.2 Å². The first kappa shape index (κ1) is 16.6. The molecule has 0 aliphatic carbocycles. The van der Waals surface area contributed by atoms with E-state index in [2.05, 4.69) is 19.8 Å². The van der Waals surface area contributed by atoms with E-state index in [-0.39, 0.29) is 11.6 Å². The molecule has 0 radical (unpaired) electrons. The summed E-state index contributed by atoms with van der Waals surface area (Å²) in [6.07, 6.45) is -4.54. The van der Waals surface area contributed by atoms with Crippen LogP contribution in [0.15, 0.2) is 6.07 Å². The second-order valence-electron chi connectivity index (χ2n) is 4.65. The van der Waals surface area contributed by atoms with E-state index in [9.17, 15) is 22.8 Å². The zero-order valence-electron chi connectivity index (χ0n) is 12.1. The Bertz CT molecular complexity index is 756. The van der Waals surface area contributed by atoms with E-state index in [0.29, 0.717) is 11.4 Å². The summed E-state index contributed by atoms with van der Waals surface area (Å²) in [5.74, 6) is -2.27. The maximum atomic E-state index is 11.9. The summed E-state index contributed by atoms with van der Waals surface area (Å²) in [6, 6.07) is 1.72. The number of nitrogens with one attached hydrogen (secondary N) is 1. The van der Waals surface area contributed by atoms with Gasteiger partial charge in [-0.05, 0) is 19.9 Å². The van der Waals surface area contributed by atoms with Gasteiger partial charge in [0.1, 0.15) is 6.54 Å². The molecule has 2 aromatic rings. The molecular formula is C12H12F3N5O3. The summed E-state index contributed by atoms with van der Waals surface area (Å²) in [6.45, 7) is 1.11. The normalized spacial score (nSPS) is 11.5. The summed E-state index contributed by atoms with van der Waals surface area (Å²) < 4.78 is 41.6. The second kappa shape index (κ2) is 6.18. The molecule has 0 unspecified atom stereocenters. The number of esters is 1. The highest BCUT2D eigenvalue weighted by molar-refractivity contribution is 5.88. The fourth-order valence-corrected chi connectivity index (χ4v) is 1.70. The summed E-state index contributed by atoms with van der Waals surface area (Å²) in [5, 5.41) is 5.45. The summed E-state index contributed by atoms with van der Waals surface area (Å²) in [4.78, 5) is 30.8. The van der Waals surface area contributed by atoms with Gasteiger partial charge in [0.2, 0.25) is 0 Å². The van der Waals surface area contributed by atoms with Crippen LogP contribution in [0.25, 0.3) is 5.78 Å². The molecule has 1 N–H and O–H groups in total. The van der Waals surface area contributed by atoms with E-state index in [1.54, 1.807) is 25.2 Å². The van der Waals surface area contributed by atoms with Gasteiger partial charge in [0.15, 0.2) is 6.61 Å². The molecule has 11 heteroatoms. The number of halogens is 3. The lowest BCUT2D eigenvalue weighted by molar-refractivity contribution is -0.140. The maximum absolute atomic E-state index is 11.9. The molecule has 8 nitrogen and oxygen atoms in total. The van der Waals surface area contributed by atoms with Crippen LogP contribution in [0.5, 0.6) is 0 Å². The fraction of sp³-hybridized carbons (Fsp3) is 0.417. The minimum absolute atomic E-state index is 0.177. The highest BCUT2D eigenvalue weighted by Gasteiger charge is 2.28. The van der Waals surface area contributed by atoms with Crippen LogP contribution in [-0.4, -0.2) is 50.8 Å². The number of ether oxygens (including phenoxy) is 1. The summed E-state index contributed by atoms with van der Waals surface area (Å²) in [5.41, 5.74) is 1.36. The lowest BCUT2D eigenvalue weighted by Crippen LogP contribution is -2.36. The molecule has 0 aliphatic rings. The largest absolute Gasteiger partial charge is 0.450 e. The number of amides is 1. The van der Waals surface area contributed by atoms with E-state index in [0.717, 1.165) is 0 Å². The van der Waals surface area contributed by atoms with Crippen LogP contribution >= 0.6 is 0 Å². The lowest BCUT2D eigenvalue weighted by Gasteiger charge is -2.07. The van der Waals surface area contributed by atoms with E-state index in [4.69, 9.17) is 0 Å². The SMILES string of the molecule is Cc1cc(C)n2nc(C(=O)OCC(=O)NCC(F)(F)F)nc2n1. The van der Waals surface area contributed by atoms with Crippen molar-refractivity contribution in [3.05, 3.63) is 23.3 Å². The van der Waals surface area contributed by atoms with Crippen molar-refractivity contribution in [1.29, 1.82) is 0 Å². The molecule has 0 aromatic carbocycles. The molecule has 124 valence electrons. The molecule has 0 aliphatic heterocycles. The quantitative estimate of drug-likeness (QED) is 0.823. The highest BCUT2D eigenvalue weighted by atomic mass is 19.4. The summed E-state index contributed by atoms with van der Waals surface area (Å²) in [7, 11) is 0. The van der Waals surface area contributed by atoms with Gasteiger partial charge in [-0.1, -0.05) is 0 Å². The van der Waals surface area contributed by atoms with Crippen molar-refractivity contribution >= 4 is 17.7 Å². The van der Waals surface area contributed by atoms with E-state index in [1.165, 1.54) is 4.52 Å². The average molecular weight is 331 g/mol. The summed E-state index contributed by atoms with van der Waals surface area (Å²) >= 11 is 0. The molecular weight excluding hydrogens is 319 g/mol. The Hall–Kier alpha value is -2.72. The standard InChI is InChI=1S/C12H12F3N5O3/c1-6-3-7(2)20-11(17-6)18-9(19-20)10(22)23-4-8(21)16-5-12(13,14)15/h3H,4-5H2,1-2H3,(H,16,21). The molecule has 0 spiro atoms. The number of rotatable bonds is 4. The van der Waals surface area contributed by atoms with Crippen LogP contribution in [0.4, 0.5) is 13.2 Å². The molecule has 0 bridgehead atoms. The average Bonchev–Trinajstić information content (AvgIpc) is 2.86. The third-order valence-electron chi connectivity index (χ3n) is 2.62. The number of carbonyl (C=O) groups excluding carboxylic acids is 2. The van der Waals surface area contributed by atoms with Gasteiger partial charge in [0.05, 0.1) is 0 Å². The van der Waals surface area contributed by atoms with Crippen molar-refractivity contribution in [2.24, 2.45) is 0 Å². The monoisotopic (exact) mass is 331 g/mol. The molecule has 2 rings (SSSR count). The first-order valence-electron chi connectivity index (χ1n) is 6.37. The first-order valence-corrected chi connectivity index (χ1v) is 6.37. The van der Waals surface area contributed by atoms with Crippen molar-refractivity contribution < 1.29 is 27.5 Å². The number of fused-ring (bicyclic) bond motifs is 1. The smallest absolute Gasteiger partial charge is 0.405 e. The topological polar surface area (TPSA) is 98.5 Å². The minimum atomic E-state index is -4.54. The number of alkyl halides is 3. The molecule has 0 saturated heterocycles. The molecule has 2 aromatic heterocycles. The van der Waals surface area contributed by atoms with Crippen LogP contribution in [-0.2, 0) is 9.53 Å². The Kier molecular flexibility index (Phi) is 4.48. The Morgan fingerprint density at radius 3 is 2.65 bits per heavy atom. The maximum Gasteiger partial charge on any atom is 0.405 e. The Morgan fingerprint density at radius 1 is 1.30 bits per heavy atom. The van der Waals surface area contributed by atoms with E-state index in [1.807, 2.05) is 0 Å². The fourth-order valence-electron chi connectivity index (χ4n) is 1.70. The van der Waals surface area contributed by atoms with Crippen LogP contribution in [0.3, 0.4) is 0 Å². The van der Waals surface area contributed by atoms with Crippen molar-refractivity contribution in [3.63, 3.8) is 0 Å². The number of hydrogen-bond acceptors (Lipinski definition) is 6. The molecule has 0 fully saturated rings. The van der Waals surface area contributed by atoms with Crippen molar-refractivity contribution in [3.8, 4) is 0 Å². The number of aryl methyl sites for hydroxylation is 2. The number of nitrogens with zero attached hydrogens (tertiary/aromatic N) is 4. The van der Waals surface area contributed by atoms with Gasteiger partial charge in [-0.2, -0.15) is 18.2 Å². The molecule has 23 heavy (non-hydrogen) atoms. The number of aromatic nitrogens is 4. The minimum Gasteiger partial charge on any atom is -0.450 e. The highest BCUT2D eigenvalue weighted by Crippen LogP contribution is 2.12. The van der Waals surface area contributed by atoms with Crippen molar-refractivity contribution in [2.45, 2.75) is 20.0 Å². The van der Waals surface area contributed by atoms with Crippen LogP contribution in [0.2, 0.25) is 0 Å². The second-order valence-corrected chi connectivity index (χ2v) is 4.65. The zero-order valence-corrected chi connectivity index (χ0v) is 12.1. The van der Waals surface area contributed by atoms with Gasteiger partial charge < -0.3 is 10.1 Å². The van der Waals surface area contributed by atoms with Crippen molar-refractivity contribution in [1.82, 2.24) is 24.9 Å². The number of hydrogen-bond donors (Lipinski definition) is 1. The molecule has 0 saturated carbocycles. The third kappa shape index (κ3) is 4.37. The molecule has 0 atom stereocenters. The van der Waals surface area contributed by atoms with Crippen LogP contribution in [0, 0.1) is 13.8 Å². The Balaban J connectivity index is 1.99.